The predicted molar refractivity (Wildman–Crippen MR) is 96.2 cm³/mol. The van der Waals surface area contributed by atoms with Crippen molar-refractivity contribution in [3.8, 4) is 11.3 Å². The Balaban J connectivity index is 1.73. The number of hydrogen-bond acceptors (Lipinski definition) is 5. The molecule has 0 aliphatic heterocycles. The summed E-state index contributed by atoms with van der Waals surface area (Å²) in [5.41, 5.74) is 1.81. The second kappa shape index (κ2) is 6.44. The topological polar surface area (TPSA) is 73.0 Å². The Morgan fingerprint density at radius 2 is 2.04 bits per heavy atom. The van der Waals surface area contributed by atoms with Crippen molar-refractivity contribution in [3.63, 3.8) is 0 Å². The molecule has 0 fully saturated rings. The van der Waals surface area contributed by atoms with E-state index < -0.39 is 0 Å². The SMILES string of the molecule is Cn1cc(-c2cc(=O)c3ccnc(NCc4ccc(F)cc4)c3o2)cn1. The molecule has 0 radical (unpaired) electrons. The summed E-state index contributed by atoms with van der Waals surface area (Å²) in [6, 6.07) is 9.23. The van der Waals surface area contributed by atoms with Crippen LogP contribution < -0.4 is 10.7 Å². The van der Waals surface area contributed by atoms with Crippen molar-refractivity contribution in [2.24, 2.45) is 7.05 Å². The van der Waals surface area contributed by atoms with Gasteiger partial charge in [-0.25, -0.2) is 9.37 Å². The monoisotopic (exact) mass is 350 g/mol. The lowest BCUT2D eigenvalue weighted by Gasteiger charge is -2.09. The number of aryl methyl sites for hydroxylation is 1. The van der Waals surface area contributed by atoms with Crippen LogP contribution in [0.4, 0.5) is 10.2 Å². The predicted octanol–water partition coefficient (Wildman–Crippen LogP) is 3.34. The third-order valence-electron chi connectivity index (χ3n) is 4.01. The van der Waals surface area contributed by atoms with Crippen molar-refractivity contribution < 1.29 is 8.81 Å². The van der Waals surface area contributed by atoms with Gasteiger partial charge in [-0.15, -0.1) is 0 Å². The minimum absolute atomic E-state index is 0.155. The molecule has 3 heterocycles. The van der Waals surface area contributed by atoms with Crippen LogP contribution in [0.2, 0.25) is 0 Å². The molecule has 0 amide bonds. The van der Waals surface area contributed by atoms with Crippen molar-refractivity contribution in [2.45, 2.75) is 6.54 Å². The smallest absolute Gasteiger partial charge is 0.193 e. The number of anilines is 1. The molecule has 6 nitrogen and oxygen atoms in total. The number of fused-ring (bicyclic) bond motifs is 1. The first kappa shape index (κ1) is 16.0. The minimum atomic E-state index is -0.288. The molecule has 0 aliphatic carbocycles. The maximum atomic E-state index is 13.0. The lowest BCUT2D eigenvalue weighted by atomic mass is 10.2. The summed E-state index contributed by atoms with van der Waals surface area (Å²) in [6.07, 6.45) is 4.95. The first-order chi connectivity index (χ1) is 12.6. The summed E-state index contributed by atoms with van der Waals surface area (Å²) in [5.74, 6) is 0.590. The quantitative estimate of drug-likeness (QED) is 0.611. The van der Waals surface area contributed by atoms with Crippen molar-refractivity contribution in [1.29, 1.82) is 0 Å². The second-order valence-corrected chi connectivity index (χ2v) is 5.89. The highest BCUT2D eigenvalue weighted by Crippen LogP contribution is 2.25. The van der Waals surface area contributed by atoms with E-state index in [1.54, 1.807) is 48.5 Å². The molecular weight excluding hydrogens is 335 g/mol. The van der Waals surface area contributed by atoms with Crippen LogP contribution in [-0.2, 0) is 13.6 Å². The third-order valence-corrected chi connectivity index (χ3v) is 4.01. The molecule has 1 aromatic carbocycles. The van der Waals surface area contributed by atoms with Gasteiger partial charge in [0, 0.05) is 32.1 Å². The van der Waals surface area contributed by atoms with E-state index in [0.717, 1.165) is 5.56 Å². The molecule has 0 saturated heterocycles. The molecule has 0 bridgehead atoms. The zero-order valence-electron chi connectivity index (χ0n) is 13.9. The maximum absolute atomic E-state index is 13.0. The van der Waals surface area contributed by atoms with Gasteiger partial charge in [0.05, 0.1) is 17.1 Å². The van der Waals surface area contributed by atoms with E-state index in [2.05, 4.69) is 15.4 Å². The van der Waals surface area contributed by atoms with E-state index >= 15 is 0 Å². The largest absolute Gasteiger partial charge is 0.452 e. The van der Waals surface area contributed by atoms with Crippen LogP contribution in [0.15, 0.2) is 64.2 Å². The van der Waals surface area contributed by atoms with Crippen LogP contribution in [0.1, 0.15) is 5.56 Å². The van der Waals surface area contributed by atoms with Crippen LogP contribution in [-0.4, -0.2) is 14.8 Å². The number of rotatable bonds is 4. The van der Waals surface area contributed by atoms with Crippen molar-refractivity contribution in [2.75, 3.05) is 5.32 Å². The normalized spacial score (nSPS) is 11.0. The lowest BCUT2D eigenvalue weighted by molar-refractivity contribution is 0.617. The Kier molecular flexibility index (Phi) is 3.96. The van der Waals surface area contributed by atoms with Gasteiger partial charge in [-0.3, -0.25) is 9.48 Å². The van der Waals surface area contributed by atoms with E-state index in [-0.39, 0.29) is 11.2 Å². The van der Waals surface area contributed by atoms with Gasteiger partial charge in [-0.2, -0.15) is 5.10 Å². The van der Waals surface area contributed by atoms with E-state index in [0.29, 0.717) is 34.7 Å². The van der Waals surface area contributed by atoms with Crippen molar-refractivity contribution in [1.82, 2.24) is 14.8 Å². The average molecular weight is 350 g/mol. The number of aromatic nitrogens is 3. The Morgan fingerprint density at radius 3 is 2.77 bits per heavy atom. The fourth-order valence-corrected chi connectivity index (χ4v) is 2.69. The summed E-state index contributed by atoms with van der Waals surface area (Å²) in [4.78, 5) is 16.7. The molecule has 1 N–H and O–H groups in total. The van der Waals surface area contributed by atoms with Crippen LogP contribution in [0, 0.1) is 5.82 Å². The third kappa shape index (κ3) is 3.06. The molecule has 0 spiro atoms. The Hall–Kier alpha value is -3.48. The maximum Gasteiger partial charge on any atom is 0.193 e. The molecule has 4 rings (SSSR count). The summed E-state index contributed by atoms with van der Waals surface area (Å²) in [5, 5.41) is 7.69. The van der Waals surface area contributed by atoms with Gasteiger partial charge in [-0.1, -0.05) is 12.1 Å². The fraction of sp³-hybridized carbons (Fsp3) is 0.105. The van der Waals surface area contributed by atoms with Gasteiger partial charge in [0.1, 0.15) is 11.6 Å². The van der Waals surface area contributed by atoms with Gasteiger partial charge >= 0.3 is 0 Å². The van der Waals surface area contributed by atoms with E-state index in [9.17, 15) is 9.18 Å². The average Bonchev–Trinajstić information content (AvgIpc) is 3.08. The zero-order chi connectivity index (χ0) is 18.1. The summed E-state index contributed by atoms with van der Waals surface area (Å²) in [6.45, 7) is 0.424. The Morgan fingerprint density at radius 1 is 1.23 bits per heavy atom. The minimum Gasteiger partial charge on any atom is -0.452 e. The molecule has 26 heavy (non-hydrogen) atoms. The summed E-state index contributed by atoms with van der Waals surface area (Å²) >= 11 is 0. The van der Waals surface area contributed by atoms with Gasteiger partial charge in [0.2, 0.25) is 0 Å². The number of hydrogen-bond donors (Lipinski definition) is 1. The Labute approximate surface area is 147 Å². The first-order valence-corrected chi connectivity index (χ1v) is 8.00. The van der Waals surface area contributed by atoms with Crippen molar-refractivity contribution in [3.05, 3.63) is 76.6 Å². The van der Waals surface area contributed by atoms with Gasteiger partial charge in [-0.05, 0) is 23.8 Å². The first-order valence-electron chi connectivity index (χ1n) is 8.00. The highest BCUT2D eigenvalue weighted by molar-refractivity contribution is 5.87. The zero-order valence-corrected chi connectivity index (χ0v) is 13.9. The highest BCUT2D eigenvalue weighted by atomic mass is 19.1. The summed E-state index contributed by atoms with van der Waals surface area (Å²) in [7, 11) is 1.79. The summed E-state index contributed by atoms with van der Waals surface area (Å²) < 4.78 is 20.6. The number of pyridine rings is 1. The molecule has 3 aromatic heterocycles. The van der Waals surface area contributed by atoms with Crippen LogP contribution >= 0.6 is 0 Å². The Bertz CT molecular complexity index is 1130. The van der Waals surface area contributed by atoms with Crippen LogP contribution in [0.5, 0.6) is 0 Å². The van der Waals surface area contributed by atoms with Crippen molar-refractivity contribution >= 4 is 16.8 Å². The highest BCUT2D eigenvalue weighted by Gasteiger charge is 2.12. The van der Waals surface area contributed by atoms with E-state index in [4.69, 9.17) is 4.42 Å². The molecule has 0 atom stereocenters. The van der Waals surface area contributed by atoms with E-state index in [1.165, 1.54) is 18.2 Å². The van der Waals surface area contributed by atoms with Gasteiger partial charge in [0.15, 0.2) is 16.8 Å². The number of nitrogens with one attached hydrogen (secondary N) is 1. The molecule has 0 unspecified atom stereocenters. The van der Waals surface area contributed by atoms with Gasteiger partial charge < -0.3 is 9.73 Å². The number of halogens is 1. The molecular formula is C19H15FN4O2. The van der Waals surface area contributed by atoms with E-state index in [1.807, 2.05) is 0 Å². The molecule has 4 aromatic rings. The van der Waals surface area contributed by atoms with Crippen LogP contribution in [0.25, 0.3) is 22.3 Å². The molecule has 7 heteroatoms. The number of benzene rings is 1. The second-order valence-electron chi connectivity index (χ2n) is 5.89. The molecule has 130 valence electrons. The number of nitrogens with zero attached hydrogens (tertiary/aromatic N) is 3. The van der Waals surface area contributed by atoms with Gasteiger partial charge in [0.25, 0.3) is 0 Å². The van der Waals surface area contributed by atoms with Crippen LogP contribution in [0.3, 0.4) is 0 Å². The molecule has 0 saturated carbocycles. The fourth-order valence-electron chi connectivity index (χ4n) is 2.69. The lowest BCUT2D eigenvalue weighted by Crippen LogP contribution is -2.06. The molecule has 0 aliphatic rings. The standard InChI is InChI=1S/C19H15FN4O2/c1-24-11-13(10-23-24)17-8-16(25)15-6-7-21-19(18(15)26-17)22-9-12-2-4-14(20)5-3-12/h2-8,10-11H,9H2,1H3,(H,21,22).